The summed E-state index contributed by atoms with van der Waals surface area (Å²) in [4.78, 5) is 11.7. The van der Waals surface area contributed by atoms with E-state index in [1.165, 1.54) is 0 Å². The summed E-state index contributed by atoms with van der Waals surface area (Å²) in [5.74, 6) is 0.346. The number of rotatable bonds is 4. The molecule has 5 heteroatoms. The second kappa shape index (κ2) is 5.65. The summed E-state index contributed by atoms with van der Waals surface area (Å²) in [6.07, 6.45) is 0. The lowest BCUT2D eigenvalue weighted by Gasteiger charge is -2.18. The minimum absolute atomic E-state index is 0.294. The molecule has 0 aromatic heterocycles. The molecule has 0 heterocycles. The van der Waals surface area contributed by atoms with Crippen LogP contribution >= 0.6 is 0 Å². The first-order valence-corrected chi connectivity index (χ1v) is 5.38. The van der Waals surface area contributed by atoms with Crippen LogP contribution in [0.1, 0.15) is 22.7 Å². The van der Waals surface area contributed by atoms with Crippen LogP contribution < -0.4 is 21.3 Å². The molecule has 0 aliphatic heterocycles. The molecule has 4 N–H and O–H groups in total. The number of methoxy groups -OCH3 is 1. The molecule has 17 heavy (non-hydrogen) atoms. The van der Waals surface area contributed by atoms with Crippen LogP contribution in [0, 0.1) is 13.8 Å². The number of benzene rings is 1. The molecule has 1 unspecified atom stereocenters. The van der Waals surface area contributed by atoms with Gasteiger partial charge in [-0.1, -0.05) is 6.07 Å². The number of carbonyl (C=O) groups is 1. The standard InChI is InChI=1S/C12H19N3O2/c1-7-5-8(2)10(9(6-7)17-4)11(13)12(16)15-14-3/h5-6,11,14H,13H2,1-4H3,(H,15,16). The molecule has 5 nitrogen and oxygen atoms in total. The maximum Gasteiger partial charge on any atom is 0.255 e. The third-order valence-electron chi connectivity index (χ3n) is 2.55. The molecule has 94 valence electrons. The number of carbonyl (C=O) groups excluding carboxylic acids is 1. The zero-order valence-electron chi connectivity index (χ0n) is 10.6. The zero-order chi connectivity index (χ0) is 13.0. The summed E-state index contributed by atoms with van der Waals surface area (Å²) < 4.78 is 5.28. The summed E-state index contributed by atoms with van der Waals surface area (Å²) >= 11 is 0. The van der Waals surface area contributed by atoms with Crippen molar-refractivity contribution in [3.63, 3.8) is 0 Å². The predicted octanol–water partition coefficient (Wildman–Crippen LogP) is 0.562. The summed E-state index contributed by atoms with van der Waals surface area (Å²) in [6.45, 7) is 3.88. The number of nitrogens with one attached hydrogen (secondary N) is 2. The van der Waals surface area contributed by atoms with E-state index >= 15 is 0 Å². The van der Waals surface area contributed by atoms with Gasteiger partial charge in [-0.25, -0.2) is 5.43 Å². The van der Waals surface area contributed by atoms with Gasteiger partial charge in [-0.05, 0) is 31.0 Å². The summed E-state index contributed by atoms with van der Waals surface area (Å²) in [7, 11) is 3.18. The maximum absolute atomic E-state index is 11.7. The first kappa shape index (κ1) is 13.5. The lowest BCUT2D eigenvalue weighted by Crippen LogP contribution is -2.41. The quantitative estimate of drug-likeness (QED) is 0.669. The fraction of sp³-hybridized carbons (Fsp3) is 0.417. The third kappa shape index (κ3) is 2.95. The van der Waals surface area contributed by atoms with E-state index in [1.54, 1.807) is 14.2 Å². The number of hydrogen-bond donors (Lipinski definition) is 3. The van der Waals surface area contributed by atoms with E-state index in [2.05, 4.69) is 10.9 Å². The van der Waals surface area contributed by atoms with E-state index in [0.29, 0.717) is 11.3 Å². The summed E-state index contributed by atoms with van der Waals surface area (Å²) in [6, 6.07) is 3.09. The van der Waals surface area contributed by atoms with Crippen LogP contribution in [0.15, 0.2) is 12.1 Å². The monoisotopic (exact) mass is 237 g/mol. The van der Waals surface area contributed by atoms with Crippen molar-refractivity contribution in [1.29, 1.82) is 0 Å². The summed E-state index contributed by atoms with van der Waals surface area (Å²) in [5.41, 5.74) is 13.7. The van der Waals surface area contributed by atoms with Gasteiger partial charge < -0.3 is 10.5 Å². The first-order chi connectivity index (χ1) is 8.01. The first-order valence-electron chi connectivity index (χ1n) is 5.38. The Balaban J connectivity index is 3.16. The number of amides is 1. The fourth-order valence-electron chi connectivity index (χ4n) is 1.84. The highest BCUT2D eigenvalue weighted by molar-refractivity contribution is 5.83. The Hall–Kier alpha value is -1.59. The predicted molar refractivity (Wildman–Crippen MR) is 66.6 cm³/mol. The zero-order valence-corrected chi connectivity index (χ0v) is 10.6. The number of nitrogens with two attached hydrogens (primary N) is 1. The van der Waals surface area contributed by atoms with Gasteiger partial charge >= 0.3 is 0 Å². The molecular formula is C12H19N3O2. The number of aryl methyl sites for hydroxylation is 2. The SMILES string of the molecule is CNNC(=O)C(N)c1c(C)cc(C)cc1OC. The van der Waals surface area contributed by atoms with Gasteiger partial charge in [-0.2, -0.15) is 0 Å². The van der Waals surface area contributed by atoms with E-state index in [-0.39, 0.29) is 5.91 Å². The molecule has 1 atom stereocenters. The molecule has 1 rings (SSSR count). The largest absolute Gasteiger partial charge is 0.496 e. The topological polar surface area (TPSA) is 76.4 Å². The van der Waals surface area contributed by atoms with Crippen molar-refractivity contribution in [2.45, 2.75) is 19.9 Å². The average Bonchev–Trinajstić information content (AvgIpc) is 2.27. The fourth-order valence-corrected chi connectivity index (χ4v) is 1.84. The molecule has 0 bridgehead atoms. The van der Waals surface area contributed by atoms with Crippen molar-refractivity contribution >= 4 is 5.91 Å². The van der Waals surface area contributed by atoms with Gasteiger partial charge in [0.25, 0.3) is 5.91 Å². The minimum atomic E-state index is -0.752. The second-order valence-electron chi connectivity index (χ2n) is 3.91. The van der Waals surface area contributed by atoms with Gasteiger partial charge in [0.15, 0.2) is 0 Å². The minimum Gasteiger partial charge on any atom is -0.496 e. The molecule has 0 radical (unpaired) electrons. The van der Waals surface area contributed by atoms with Crippen molar-refractivity contribution < 1.29 is 9.53 Å². The number of hydrazine groups is 1. The van der Waals surface area contributed by atoms with Crippen LogP contribution in [0.4, 0.5) is 0 Å². The van der Waals surface area contributed by atoms with Gasteiger partial charge in [-0.3, -0.25) is 10.2 Å². The van der Waals surface area contributed by atoms with Crippen molar-refractivity contribution in [3.05, 3.63) is 28.8 Å². The van der Waals surface area contributed by atoms with E-state index < -0.39 is 6.04 Å². The molecular weight excluding hydrogens is 218 g/mol. The van der Waals surface area contributed by atoms with Crippen LogP contribution in [-0.2, 0) is 4.79 Å². The normalized spacial score (nSPS) is 12.1. The van der Waals surface area contributed by atoms with Gasteiger partial charge in [0.05, 0.1) is 7.11 Å². The molecule has 0 aliphatic carbocycles. The average molecular weight is 237 g/mol. The number of hydrogen-bond acceptors (Lipinski definition) is 4. The molecule has 0 spiro atoms. The Labute approximate surface area is 101 Å². The van der Waals surface area contributed by atoms with Crippen LogP contribution in [0.3, 0.4) is 0 Å². The highest BCUT2D eigenvalue weighted by Crippen LogP contribution is 2.28. The molecule has 1 aromatic carbocycles. The second-order valence-corrected chi connectivity index (χ2v) is 3.91. The Morgan fingerprint density at radius 2 is 2.06 bits per heavy atom. The Morgan fingerprint density at radius 3 is 2.59 bits per heavy atom. The maximum atomic E-state index is 11.7. The van der Waals surface area contributed by atoms with E-state index in [0.717, 1.165) is 11.1 Å². The van der Waals surface area contributed by atoms with Crippen LogP contribution in [-0.4, -0.2) is 20.1 Å². The van der Waals surface area contributed by atoms with Gasteiger partial charge in [0.1, 0.15) is 11.8 Å². The molecule has 0 fully saturated rings. The van der Waals surface area contributed by atoms with Crippen molar-refractivity contribution in [3.8, 4) is 5.75 Å². The van der Waals surface area contributed by atoms with E-state index in [4.69, 9.17) is 10.5 Å². The van der Waals surface area contributed by atoms with Gasteiger partial charge in [0, 0.05) is 12.6 Å². The van der Waals surface area contributed by atoms with Gasteiger partial charge in [0.2, 0.25) is 0 Å². The molecule has 0 saturated heterocycles. The Kier molecular flexibility index (Phi) is 4.48. The van der Waals surface area contributed by atoms with E-state index in [9.17, 15) is 4.79 Å². The van der Waals surface area contributed by atoms with E-state index in [1.807, 2.05) is 26.0 Å². The molecule has 0 aliphatic rings. The number of ether oxygens (including phenoxy) is 1. The Bertz CT molecular complexity index is 418. The molecule has 1 aromatic rings. The van der Waals surface area contributed by atoms with Gasteiger partial charge in [-0.15, -0.1) is 0 Å². The highest BCUT2D eigenvalue weighted by atomic mass is 16.5. The lowest BCUT2D eigenvalue weighted by atomic mass is 9.98. The van der Waals surface area contributed by atoms with Crippen molar-refractivity contribution in [1.82, 2.24) is 10.9 Å². The smallest absolute Gasteiger partial charge is 0.255 e. The molecule has 0 saturated carbocycles. The third-order valence-corrected chi connectivity index (χ3v) is 2.55. The van der Waals surface area contributed by atoms with Crippen molar-refractivity contribution in [2.75, 3.05) is 14.2 Å². The molecule has 1 amide bonds. The summed E-state index contributed by atoms with van der Waals surface area (Å²) in [5, 5.41) is 0. The van der Waals surface area contributed by atoms with Crippen LogP contribution in [0.5, 0.6) is 5.75 Å². The van der Waals surface area contributed by atoms with Crippen LogP contribution in [0.2, 0.25) is 0 Å². The highest BCUT2D eigenvalue weighted by Gasteiger charge is 2.21. The Morgan fingerprint density at radius 1 is 1.41 bits per heavy atom. The van der Waals surface area contributed by atoms with Crippen molar-refractivity contribution in [2.24, 2.45) is 5.73 Å². The van der Waals surface area contributed by atoms with Crippen LogP contribution in [0.25, 0.3) is 0 Å². The lowest BCUT2D eigenvalue weighted by molar-refractivity contribution is -0.123.